The molecule has 0 spiro atoms. The lowest BCUT2D eigenvalue weighted by atomic mass is 10.3. The van der Waals surface area contributed by atoms with Crippen molar-refractivity contribution in [3.8, 4) is 0 Å². The van der Waals surface area contributed by atoms with Crippen molar-refractivity contribution in [3.05, 3.63) is 23.5 Å². The number of aromatic nitrogens is 1. The minimum absolute atomic E-state index is 0. The predicted molar refractivity (Wildman–Crippen MR) is 61.1 cm³/mol. The van der Waals surface area contributed by atoms with Crippen LogP contribution in [0, 0.1) is 0 Å². The number of hydrogen-bond acceptors (Lipinski definition) is 3. The van der Waals surface area contributed by atoms with Crippen LogP contribution in [0.3, 0.4) is 0 Å². The fraction of sp³-hybridized carbons (Fsp3) is 0.400. The highest BCUT2D eigenvalue weighted by atomic mass is 20.0. The first kappa shape index (κ1) is 23.1. The van der Waals surface area contributed by atoms with Crippen LogP contribution in [-0.2, 0) is 17.9 Å². The molecule has 0 unspecified atom stereocenters. The van der Waals surface area contributed by atoms with E-state index in [1.54, 1.807) is 16.7 Å². The third-order valence-corrected chi connectivity index (χ3v) is 2.19. The van der Waals surface area contributed by atoms with Crippen molar-refractivity contribution in [1.29, 1.82) is 0 Å². The molecule has 10 heteroatoms. The minimum Gasteiger partial charge on any atom is -0.390 e. The van der Waals surface area contributed by atoms with Crippen molar-refractivity contribution in [2.45, 2.75) is 26.0 Å². The highest BCUT2D eigenvalue weighted by molar-refractivity contribution is 5.74. The third kappa shape index (κ3) is 8.19. The molecule has 1 aromatic rings. The fourth-order valence-electron chi connectivity index (χ4n) is 1.45. The van der Waals surface area contributed by atoms with Gasteiger partial charge in [0.25, 0.3) is 0 Å². The minimum atomic E-state index is -0.361. The number of aliphatic hydroxyl groups is 1. The van der Waals surface area contributed by atoms with Gasteiger partial charge in [-0.05, 0) is 18.6 Å². The summed E-state index contributed by atoms with van der Waals surface area (Å²) in [7, 11) is 0. The molecule has 1 amide bonds. The Morgan fingerprint density at radius 1 is 1.30 bits per heavy atom. The zero-order valence-corrected chi connectivity index (χ0v) is 10.3. The zero-order valence-electron chi connectivity index (χ0n) is 10.3. The topological polar surface area (TPSA) is 85.3 Å². The molecule has 1 rings (SSSR count). The molecule has 0 aliphatic rings. The fourth-order valence-corrected chi connectivity index (χ4v) is 1.45. The summed E-state index contributed by atoms with van der Waals surface area (Å²) in [6, 6.07) is 3.33. The number of carbonyl (C=O) groups excluding carboxylic acids is 2. The van der Waals surface area contributed by atoms with Gasteiger partial charge >= 0.3 is 0 Å². The molecule has 0 atom stereocenters. The molecule has 1 aromatic heterocycles. The lowest BCUT2D eigenvalue weighted by Gasteiger charge is -2.08. The van der Waals surface area contributed by atoms with Crippen molar-refractivity contribution >= 4 is 12.2 Å². The molecule has 118 valence electrons. The summed E-state index contributed by atoms with van der Waals surface area (Å²) >= 11 is 0. The number of primary amides is 1. The quantitative estimate of drug-likeness (QED) is 0.621. The molecule has 20 heavy (non-hydrogen) atoms. The van der Waals surface area contributed by atoms with Crippen LogP contribution >= 0.6 is 0 Å². The summed E-state index contributed by atoms with van der Waals surface area (Å²) in [4.78, 5) is 21.2. The molecule has 0 aliphatic heterocycles. The van der Waals surface area contributed by atoms with E-state index in [1.807, 2.05) is 0 Å². The van der Waals surface area contributed by atoms with Gasteiger partial charge < -0.3 is 15.4 Å². The number of halogens is 5. The van der Waals surface area contributed by atoms with E-state index in [9.17, 15) is 9.59 Å². The smallest absolute Gasteiger partial charge is 0.217 e. The Balaban J connectivity index is -0.000000529. The Kier molecular flexibility index (Phi) is 17.5. The first-order valence-corrected chi connectivity index (χ1v) is 5.00. The summed E-state index contributed by atoms with van der Waals surface area (Å²) in [6.07, 6.45) is 1.57. The van der Waals surface area contributed by atoms with Crippen LogP contribution in [0.4, 0.5) is 23.0 Å². The van der Waals surface area contributed by atoms with Gasteiger partial charge in [0.15, 0.2) is 6.29 Å². The number of amides is 1. The van der Waals surface area contributed by atoms with Gasteiger partial charge in [-0.2, -0.15) is 0 Å². The van der Waals surface area contributed by atoms with Crippen LogP contribution in [0.5, 0.6) is 0 Å². The molecule has 3 N–H and O–H groups in total. The maximum Gasteiger partial charge on any atom is 0.217 e. The largest absolute Gasteiger partial charge is 0.390 e. The molecule has 0 radical (unpaired) electrons. The maximum atomic E-state index is 10.7. The van der Waals surface area contributed by atoms with Crippen molar-refractivity contribution < 1.29 is 37.7 Å². The Morgan fingerprint density at radius 3 is 2.25 bits per heavy atom. The second-order valence-electron chi connectivity index (χ2n) is 3.25. The molecule has 0 saturated heterocycles. The van der Waals surface area contributed by atoms with E-state index < -0.39 is 0 Å². The summed E-state index contributed by atoms with van der Waals surface area (Å²) in [5.41, 5.74) is 6.18. The summed E-state index contributed by atoms with van der Waals surface area (Å²) in [5.74, 6) is -0.361. The molecular weight excluding hydrogens is 291 g/mol. The van der Waals surface area contributed by atoms with Gasteiger partial charge in [0.1, 0.15) is 0 Å². The van der Waals surface area contributed by atoms with Crippen LogP contribution in [0.2, 0.25) is 0 Å². The summed E-state index contributed by atoms with van der Waals surface area (Å²) in [6.45, 7) is 0.393. The van der Waals surface area contributed by atoms with E-state index in [1.165, 1.54) is 0 Å². The third-order valence-electron chi connectivity index (χ3n) is 2.19. The number of hydrogen-bond donors (Lipinski definition) is 2. The number of aliphatic hydroxyl groups excluding tert-OH is 1. The first-order valence-electron chi connectivity index (χ1n) is 5.00. The van der Waals surface area contributed by atoms with Crippen molar-refractivity contribution in [2.75, 3.05) is 0 Å². The second-order valence-corrected chi connectivity index (χ2v) is 3.25. The maximum absolute atomic E-state index is 10.7. The standard InChI is InChI=1S/C10H14N2O3.2F2.FH/c11-10(15)2-1-5-12-8(6-13)3-4-9(12)7-14;2*1-2;/h3-4,6,14H,1-2,5,7H2,(H2,11,15);;;1H. The van der Waals surface area contributed by atoms with Crippen molar-refractivity contribution in [3.63, 3.8) is 0 Å². The summed E-state index contributed by atoms with van der Waals surface area (Å²) < 4.78 is 33.7. The van der Waals surface area contributed by atoms with Gasteiger partial charge in [-0.3, -0.25) is 14.3 Å². The monoisotopic (exact) mass is 306 g/mol. The van der Waals surface area contributed by atoms with Gasteiger partial charge in [-0.1, -0.05) is 0 Å². The molecule has 0 saturated carbocycles. The number of aldehydes is 1. The Bertz CT molecular complexity index is 374. The van der Waals surface area contributed by atoms with Crippen molar-refractivity contribution in [2.24, 2.45) is 5.73 Å². The van der Waals surface area contributed by atoms with Crippen LogP contribution in [0.1, 0.15) is 29.0 Å². The number of carbonyl (C=O) groups is 2. The van der Waals surface area contributed by atoms with E-state index in [-0.39, 0.29) is 23.6 Å². The number of nitrogens with two attached hydrogens (primary N) is 1. The molecule has 0 bridgehead atoms. The molecule has 1 heterocycles. The molecule has 0 aliphatic carbocycles. The Hall–Kier alpha value is -1.97. The van der Waals surface area contributed by atoms with Gasteiger partial charge in [0.2, 0.25) is 5.91 Å². The average molecular weight is 306 g/mol. The molecule has 0 fully saturated rings. The molecule has 0 aromatic carbocycles. The zero-order chi connectivity index (χ0) is 15.3. The van der Waals surface area contributed by atoms with E-state index in [2.05, 4.69) is 0 Å². The predicted octanol–water partition coefficient (Wildman–Crippen LogP) is 1.89. The summed E-state index contributed by atoms with van der Waals surface area (Å²) in [5, 5.41) is 9.01. The molecule has 5 nitrogen and oxygen atoms in total. The lowest BCUT2D eigenvalue weighted by molar-refractivity contribution is -0.118. The van der Waals surface area contributed by atoms with Gasteiger partial charge in [-0.25, -0.2) is 0 Å². The van der Waals surface area contributed by atoms with E-state index in [0.29, 0.717) is 24.4 Å². The number of rotatable bonds is 6. The van der Waals surface area contributed by atoms with Crippen molar-refractivity contribution in [1.82, 2.24) is 4.57 Å². The van der Waals surface area contributed by atoms with Crippen LogP contribution in [0.25, 0.3) is 0 Å². The highest BCUT2D eigenvalue weighted by Gasteiger charge is 2.06. The number of nitrogens with zero attached hydrogens (tertiary/aromatic N) is 1. The van der Waals surface area contributed by atoms with Gasteiger partial charge in [0.05, 0.1) is 12.3 Å². The Morgan fingerprint density at radius 2 is 1.85 bits per heavy atom. The van der Waals surface area contributed by atoms with E-state index in [0.717, 1.165) is 6.29 Å². The van der Waals surface area contributed by atoms with Crippen LogP contribution in [0.15, 0.2) is 12.1 Å². The molecular formula is C10H15F5N2O3. The average Bonchev–Trinajstić information content (AvgIpc) is 2.85. The van der Waals surface area contributed by atoms with Gasteiger partial charge in [-0.15, -0.1) is 0 Å². The second kappa shape index (κ2) is 15.1. The first-order chi connectivity index (χ1) is 9.19. The van der Waals surface area contributed by atoms with E-state index in [4.69, 9.17) is 29.1 Å². The van der Waals surface area contributed by atoms with Crippen LogP contribution in [-0.4, -0.2) is 21.9 Å². The Labute approximate surface area is 111 Å². The normalized spacial score (nSPS) is 8.25. The highest BCUT2D eigenvalue weighted by Crippen LogP contribution is 2.09. The van der Waals surface area contributed by atoms with Crippen LogP contribution < -0.4 is 5.73 Å². The SMILES string of the molecule is F.FF.FF.NC(=O)CCCn1c(C=O)ccc1CO. The van der Waals surface area contributed by atoms with E-state index >= 15 is 0 Å². The lowest BCUT2D eigenvalue weighted by Crippen LogP contribution is -2.13. The van der Waals surface area contributed by atoms with Gasteiger partial charge in [0, 0.05) is 37.0 Å².